The van der Waals surface area contributed by atoms with Crippen LogP contribution >= 0.6 is 0 Å². The van der Waals surface area contributed by atoms with Crippen LogP contribution in [-0.4, -0.2) is 39.9 Å². The van der Waals surface area contributed by atoms with Crippen molar-refractivity contribution in [1.82, 2.24) is 19.7 Å². The van der Waals surface area contributed by atoms with E-state index in [9.17, 15) is 0 Å². The standard InChI is InChI=1S/C17H26N4O/c1-14(2)21-13-18-19-17(21)12-20(9-10-22-4)11-16-8-6-5-7-15(16)3/h5-8,13-14H,9-12H2,1-4H3. The first kappa shape index (κ1) is 16.6. The molecule has 0 radical (unpaired) electrons. The van der Waals surface area contributed by atoms with Gasteiger partial charge in [-0.25, -0.2) is 0 Å². The van der Waals surface area contributed by atoms with Crippen molar-refractivity contribution >= 4 is 0 Å². The van der Waals surface area contributed by atoms with E-state index in [4.69, 9.17) is 4.74 Å². The fourth-order valence-electron chi connectivity index (χ4n) is 2.47. The first-order valence-electron chi connectivity index (χ1n) is 7.76. The highest BCUT2D eigenvalue weighted by molar-refractivity contribution is 5.25. The van der Waals surface area contributed by atoms with Gasteiger partial charge in [0.25, 0.3) is 0 Å². The summed E-state index contributed by atoms with van der Waals surface area (Å²) in [6.07, 6.45) is 1.81. The largest absolute Gasteiger partial charge is 0.383 e. The van der Waals surface area contributed by atoms with Gasteiger partial charge in [-0.3, -0.25) is 4.90 Å². The van der Waals surface area contributed by atoms with Crippen LogP contribution in [0.25, 0.3) is 0 Å². The summed E-state index contributed by atoms with van der Waals surface area (Å²) in [4.78, 5) is 2.36. The van der Waals surface area contributed by atoms with Crippen molar-refractivity contribution in [3.8, 4) is 0 Å². The van der Waals surface area contributed by atoms with Crippen molar-refractivity contribution in [1.29, 1.82) is 0 Å². The molecule has 0 aliphatic carbocycles. The van der Waals surface area contributed by atoms with Crippen LogP contribution in [0.5, 0.6) is 0 Å². The number of aromatic nitrogens is 3. The fraction of sp³-hybridized carbons (Fsp3) is 0.529. The third kappa shape index (κ3) is 4.39. The van der Waals surface area contributed by atoms with E-state index >= 15 is 0 Å². The molecule has 22 heavy (non-hydrogen) atoms. The second-order valence-electron chi connectivity index (χ2n) is 5.88. The molecule has 120 valence electrons. The van der Waals surface area contributed by atoms with Crippen LogP contribution in [0.3, 0.4) is 0 Å². The molecule has 5 nitrogen and oxygen atoms in total. The molecule has 2 aromatic rings. The third-order valence-corrected chi connectivity index (χ3v) is 3.84. The van der Waals surface area contributed by atoms with Crippen LogP contribution in [0.4, 0.5) is 0 Å². The van der Waals surface area contributed by atoms with Gasteiger partial charge in [-0.1, -0.05) is 24.3 Å². The molecule has 0 aliphatic rings. The Balaban J connectivity index is 2.12. The van der Waals surface area contributed by atoms with Gasteiger partial charge in [-0.05, 0) is 31.9 Å². The van der Waals surface area contributed by atoms with Gasteiger partial charge in [0.1, 0.15) is 12.2 Å². The molecule has 1 aromatic heterocycles. The molecular formula is C17H26N4O. The van der Waals surface area contributed by atoms with Crippen molar-refractivity contribution in [2.75, 3.05) is 20.3 Å². The van der Waals surface area contributed by atoms with Crippen LogP contribution in [0.15, 0.2) is 30.6 Å². The molecule has 0 amide bonds. The van der Waals surface area contributed by atoms with Crippen LogP contribution in [0.1, 0.15) is 36.8 Å². The number of hydrogen-bond donors (Lipinski definition) is 0. The smallest absolute Gasteiger partial charge is 0.147 e. The number of hydrogen-bond acceptors (Lipinski definition) is 4. The molecule has 0 unspecified atom stereocenters. The Hall–Kier alpha value is -1.72. The highest BCUT2D eigenvalue weighted by Gasteiger charge is 2.14. The maximum Gasteiger partial charge on any atom is 0.147 e. The quantitative estimate of drug-likeness (QED) is 0.752. The SMILES string of the molecule is COCCN(Cc1ccccc1C)Cc1nncn1C(C)C. The van der Waals surface area contributed by atoms with E-state index in [1.54, 1.807) is 7.11 Å². The average Bonchev–Trinajstić information content (AvgIpc) is 2.95. The summed E-state index contributed by atoms with van der Waals surface area (Å²) in [6.45, 7) is 9.69. The van der Waals surface area contributed by atoms with Crippen molar-refractivity contribution in [2.45, 2.75) is 39.9 Å². The van der Waals surface area contributed by atoms with Gasteiger partial charge in [-0.2, -0.15) is 0 Å². The molecule has 0 spiro atoms. The zero-order valence-electron chi connectivity index (χ0n) is 14.0. The van der Waals surface area contributed by atoms with E-state index in [1.165, 1.54) is 11.1 Å². The third-order valence-electron chi connectivity index (χ3n) is 3.84. The predicted molar refractivity (Wildman–Crippen MR) is 87.6 cm³/mol. The molecule has 0 saturated heterocycles. The lowest BCUT2D eigenvalue weighted by atomic mass is 10.1. The summed E-state index contributed by atoms with van der Waals surface area (Å²) in [5, 5.41) is 8.34. The number of ether oxygens (including phenoxy) is 1. The monoisotopic (exact) mass is 302 g/mol. The summed E-state index contributed by atoms with van der Waals surface area (Å²) in [7, 11) is 1.74. The second-order valence-corrected chi connectivity index (χ2v) is 5.88. The molecule has 5 heteroatoms. The summed E-state index contributed by atoms with van der Waals surface area (Å²) < 4.78 is 7.38. The summed E-state index contributed by atoms with van der Waals surface area (Å²) >= 11 is 0. The van der Waals surface area contributed by atoms with E-state index in [-0.39, 0.29) is 0 Å². The number of aryl methyl sites for hydroxylation is 1. The molecule has 0 fully saturated rings. The highest BCUT2D eigenvalue weighted by Crippen LogP contribution is 2.14. The lowest BCUT2D eigenvalue weighted by Crippen LogP contribution is -2.28. The topological polar surface area (TPSA) is 43.2 Å². The van der Waals surface area contributed by atoms with Crippen LogP contribution in [-0.2, 0) is 17.8 Å². The Morgan fingerprint density at radius 1 is 1.23 bits per heavy atom. The minimum Gasteiger partial charge on any atom is -0.383 e. The minimum atomic E-state index is 0.368. The van der Waals surface area contributed by atoms with Gasteiger partial charge in [0, 0.05) is 26.2 Å². The maximum atomic E-state index is 5.25. The van der Waals surface area contributed by atoms with E-state index in [0.29, 0.717) is 12.6 Å². The van der Waals surface area contributed by atoms with Gasteiger partial charge in [0.2, 0.25) is 0 Å². The van der Waals surface area contributed by atoms with Crippen molar-refractivity contribution in [3.63, 3.8) is 0 Å². The molecule has 2 rings (SSSR count). The Labute approximate surface area is 132 Å². The van der Waals surface area contributed by atoms with Crippen molar-refractivity contribution in [2.24, 2.45) is 0 Å². The Morgan fingerprint density at radius 2 is 2.00 bits per heavy atom. The average molecular weight is 302 g/mol. The molecule has 1 heterocycles. The number of nitrogens with zero attached hydrogens (tertiary/aromatic N) is 4. The Kier molecular flexibility index (Phi) is 6.10. The van der Waals surface area contributed by atoms with E-state index in [0.717, 1.165) is 25.5 Å². The Bertz CT molecular complexity index is 580. The molecule has 0 bridgehead atoms. The zero-order valence-corrected chi connectivity index (χ0v) is 14.0. The molecule has 1 aromatic carbocycles. The van der Waals surface area contributed by atoms with Gasteiger partial charge < -0.3 is 9.30 Å². The van der Waals surface area contributed by atoms with Crippen LogP contribution in [0.2, 0.25) is 0 Å². The van der Waals surface area contributed by atoms with Crippen molar-refractivity contribution in [3.05, 3.63) is 47.5 Å². The normalized spacial score (nSPS) is 11.5. The first-order valence-corrected chi connectivity index (χ1v) is 7.76. The summed E-state index contributed by atoms with van der Waals surface area (Å²) in [6, 6.07) is 8.87. The highest BCUT2D eigenvalue weighted by atomic mass is 16.5. The summed E-state index contributed by atoms with van der Waals surface area (Å²) in [5.74, 6) is 1.000. The fourth-order valence-corrected chi connectivity index (χ4v) is 2.47. The summed E-state index contributed by atoms with van der Waals surface area (Å²) in [5.41, 5.74) is 2.66. The predicted octanol–water partition coefficient (Wildman–Crippen LogP) is 2.82. The maximum absolute atomic E-state index is 5.25. The van der Waals surface area contributed by atoms with Gasteiger partial charge in [0.05, 0.1) is 13.2 Å². The first-order chi connectivity index (χ1) is 10.6. The van der Waals surface area contributed by atoms with E-state index in [1.807, 2.05) is 6.33 Å². The van der Waals surface area contributed by atoms with Crippen LogP contribution < -0.4 is 0 Å². The molecular weight excluding hydrogens is 276 g/mol. The number of rotatable bonds is 8. The number of methoxy groups -OCH3 is 1. The Morgan fingerprint density at radius 3 is 2.68 bits per heavy atom. The van der Waals surface area contributed by atoms with Gasteiger partial charge >= 0.3 is 0 Å². The van der Waals surface area contributed by atoms with Crippen molar-refractivity contribution < 1.29 is 4.74 Å². The molecule has 0 aliphatic heterocycles. The minimum absolute atomic E-state index is 0.368. The van der Waals surface area contributed by atoms with Gasteiger partial charge in [-0.15, -0.1) is 10.2 Å². The zero-order chi connectivity index (χ0) is 15.9. The molecule has 0 atom stereocenters. The van der Waals surface area contributed by atoms with Gasteiger partial charge in [0.15, 0.2) is 0 Å². The number of benzene rings is 1. The van der Waals surface area contributed by atoms with E-state index in [2.05, 4.69) is 64.7 Å². The second kappa shape index (κ2) is 8.06. The molecule has 0 saturated carbocycles. The lowest BCUT2D eigenvalue weighted by molar-refractivity contribution is 0.137. The van der Waals surface area contributed by atoms with Crippen LogP contribution in [0, 0.1) is 6.92 Å². The van der Waals surface area contributed by atoms with E-state index < -0.39 is 0 Å². The molecule has 0 N–H and O–H groups in total. The lowest BCUT2D eigenvalue weighted by Gasteiger charge is -2.23.